The van der Waals surface area contributed by atoms with Crippen molar-refractivity contribution in [2.75, 3.05) is 7.11 Å². The number of methoxy groups -OCH3 is 1. The number of ether oxygens (including phenoxy) is 2. The van der Waals surface area contributed by atoms with Crippen LogP contribution in [0.25, 0.3) is 0 Å². The highest BCUT2D eigenvalue weighted by Crippen LogP contribution is 2.36. The number of hydrogen-bond acceptors (Lipinski definition) is 5. The number of benzene rings is 2. The number of nitro benzene ring substituents is 1. The lowest BCUT2D eigenvalue weighted by Gasteiger charge is -2.10. The first kappa shape index (κ1) is 15.3. The third-order valence-electron chi connectivity index (χ3n) is 2.93. The van der Waals surface area contributed by atoms with Crippen molar-refractivity contribution < 1.29 is 24.3 Å². The second kappa shape index (κ2) is 6.57. The molecule has 114 valence electrons. The molecule has 2 aromatic rings. The van der Waals surface area contributed by atoms with Gasteiger partial charge in [-0.15, -0.1) is 0 Å². The van der Waals surface area contributed by atoms with Gasteiger partial charge in [-0.1, -0.05) is 30.3 Å². The largest absolute Gasteiger partial charge is 0.497 e. The number of rotatable bonds is 6. The van der Waals surface area contributed by atoms with Crippen molar-refractivity contribution in [3.63, 3.8) is 0 Å². The van der Waals surface area contributed by atoms with Gasteiger partial charge in [-0.05, 0) is 5.56 Å². The summed E-state index contributed by atoms with van der Waals surface area (Å²) >= 11 is 0. The van der Waals surface area contributed by atoms with E-state index in [0.717, 1.165) is 11.6 Å². The molecule has 7 heteroatoms. The van der Waals surface area contributed by atoms with E-state index in [9.17, 15) is 14.9 Å². The molecule has 0 heterocycles. The van der Waals surface area contributed by atoms with Crippen LogP contribution in [0.5, 0.6) is 11.5 Å². The van der Waals surface area contributed by atoms with Gasteiger partial charge in [0.05, 0.1) is 12.0 Å². The van der Waals surface area contributed by atoms with Crippen molar-refractivity contribution in [3.8, 4) is 11.5 Å². The van der Waals surface area contributed by atoms with E-state index in [1.807, 2.05) is 6.07 Å². The summed E-state index contributed by atoms with van der Waals surface area (Å²) in [5.41, 5.74) is -0.270. The molecule has 0 saturated carbocycles. The van der Waals surface area contributed by atoms with Gasteiger partial charge in [0, 0.05) is 12.1 Å². The lowest BCUT2D eigenvalue weighted by molar-refractivity contribution is -0.386. The van der Waals surface area contributed by atoms with Crippen LogP contribution in [-0.2, 0) is 6.61 Å². The Kier molecular flexibility index (Phi) is 4.57. The van der Waals surface area contributed by atoms with Gasteiger partial charge in [0.25, 0.3) is 0 Å². The first-order valence-corrected chi connectivity index (χ1v) is 6.29. The summed E-state index contributed by atoms with van der Waals surface area (Å²) in [5, 5.41) is 20.3. The molecule has 0 spiro atoms. The number of carboxylic acid groups (broad SMARTS) is 1. The molecule has 0 saturated heterocycles. The fourth-order valence-corrected chi connectivity index (χ4v) is 1.90. The average Bonchev–Trinajstić information content (AvgIpc) is 2.52. The molecular formula is C15H13NO6. The lowest BCUT2D eigenvalue weighted by Crippen LogP contribution is -2.07. The van der Waals surface area contributed by atoms with E-state index in [-0.39, 0.29) is 18.1 Å². The number of nitro groups is 1. The normalized spacial score (nSPS) is 10.0. The van der Waals surface area contributed by atoms with Gasteiger partial charge in [0.1, 0.15) is 17.9 Å². The number of hydrogen-bond donors (Lipinski definition) is 1. The van der Waals surface area contributed by atoms with Crippen LogP contribution in [0.2, 0.25) is 0 Å². The van der Waals surface area contributed by atoms with E-state index >= 15 is 0 Å². The van der Waals surface area contributed by atoms with Crippen LogP contribution in [0.4, 0.5) is 5.69 Å². The van der Waals surface area contributed by atoms with E-state index in [2.05, 4.69) is 0 Å². The van der Waals surface area contributed by atoms with E-state index < -0.39 is 22.1 Å². The Hall–Kier alpha value is -3.09. The van der Waals surface area contributed by atoms with Gasteiger partial charge in [0.2, 0.25) is 5.75 Å². The molecule has 2 aromatic carbocycles. The Labute approximate surface area is 125 Å². The second-order valence-electron chi connectivity index (χ2n) is 4.36. The summed E-state index contributed by atoms with van der Waals surface area (Å²) < 4.78 is 10.4. The van der Waals surface area contributed by atoms with Crippen molar-refractivity contribution in [3.05, 3.63) is 63.7 Å². The zero-order valence-corrected chi connectivity index (χ0v) is 11.7. The molecule has 0 aromatic heterocycles. The number of nitrogens with zero attached hydrogens (tertiary/aromatic N) is 1. The molecule has 0 bridgehead atoms. The summed E-state index contributed by atoms with van der Waals surface area (Å²) in [6, 6.07) is 11.4. The van der Waals surface area contributed by atoms with Gasteiger partial charge in [-0.2, -0.15) is 0 Å². The van der Waals surface area contributed by atoms with Gasteiger partial charge in [-0.3, -0.25) is 10.1 Å². The molecule has 7 nitrogen and oxygen atoms in total. The van der Waals surface area contributed by atoms with Crippen molar-refractivity contribution in [1.82, 2.24) is 0 Å². The maximum atomic E-state index is 11.2. The van der Waals surface area contributed by atoms with Gasteiger partial charge >= 0.3 is 11.7 Å². The fourth-order valence-electron chi connectivity index (χ4n) is 1.90. The SMILES string of the molecule is COc1cc(OCc2ccccc2)c([N+](=O)[O-])c(C(=O)O)c1. The van der Waals surface area contributed by atoms with Crippen LogP contribution >= 0.6 is 0 Å². The van der Waals surface area contributed by atoms with Crippen LogP contribution in [0.1, 0.15) is 15.9 Å². The summed E-state index contributed by atoms with van der Waals surface area (Å²) in [6.07, 6.45) is 0. The van der Waals surface area contributed by atoms with Crippen LogP contribution < -0.4 is 9.47 Å². The van der Waals surface area contributed by atoms with Gasteiger partial charge < -0.3 is 14.6 Å². The van der Waals surface area contributed by atoms with E-state index in [1.54, 1.807) is 24.3 Å². The minimum atomic E-state index is -1.42. The Morgan fingerprint density at radius 2 is 1.95 bits per heavy atom. The van der Waals surface area contributed by atoms with Crippen molar-refractivity contribution >= 4 is 11.7 Å². The number of carbonyl (C=O) groups is 1. The van der Waals surface area contributed by atoms with E-state index in [0.29, 0.717) is 0 Å². The molecule has 0 aliphatic rings. The van der Waals surface area contributed by atoms with Crippen molar-refractivity contribution in [2.24, 2.45) is 0 Å². The highest BCUT2D eigenvalue weighted by atomic mass is 16.6. The van der Waals surface area contributed by atoms with Crippen LogP contribution in [0, 0.1) is 10.1 Å². The predicted octanol–water partition coefficient (Wildman–Crippen LogP) is 2.88. The summed E-state index contributed by atoms with van der Waals surface area (Å²) in [7, 11) is 1.34. The minimum Gasteiger partial charge on any atom is -0.497 e. The number of carboxylic acids is 1. The Bertz CT molecular complexity index is 699. The van der Waals surface area contributed by atoms with E-state index in [4.69, 9.17) is 14.6 Å². The van der Waals surface area contributed by atoms with E-state index in [1.165, 1.54) is 13.2 Å². The minimum absolute atomic E-state index is 0.0773. The number of aromatic carboxylic acids is 1. The quantitative estimate of drug-likeness (QED) is 0.650. The monoisotopic (exact) mass is 303 g/mol. The third kappa shape index (κ3) is 3.32. The molecule has 0 unspecified atom stereocenters. The maximum Gasteiger partial charge on any atom is 0.343 e. The predicted molar refractivity (Wildman–Crippen MR) is 77.4 cm³/mol. The topological polar surface area (TPSA) is 98.9 Å². The fraction of sp³-hybridized carbons (Fsp3) is 0.133. The molecule has 2 rings (SSSR count). The molecule has 22 heavy (non-hydrogen) atoms. The van der Waals surface area contributed by atoms with Gasteiger partial charge in [0.15, 0.2) is 0 Å². The lowest BCUT2D eigenvalue weighted by atomic mass is 10.1. The van der Waals surface area contributed by atoms with Crippen molar-refractivity contribution in [2.45, 2.75) is 6.61 Å². The van der Waals surface area contributed by atoms with Crippen LogP contribution in [-0.4, -0.2) is 23.1 Å². The van der Waals surface area contributed by atoms with Crippen LogP contribution in [0.3, 0.4) is 0 Å². The Morgan fingerprint density at radius 3 is 2.50 bits per heavy atom. The Balaban J connectivity index is 2.41. The molecule has 0 fully saturated rings. The zero-order chi connectivity index (χ0) is 16.1. The standard InChI is InChI=1S/C15H13NO6/c1-21-11-7-12(15(17)18)14(16(19)20)13(8-11)22-9-10-5-3-2-4-6-10/h2-8H,9H2,1H3,(H,17,18). The maximum absolute atomic E-state index is 11.2. The molecule has 0 atom stereocenters. The highest BCUT2D eigenvalue weighted by molar-refractivity contribution is 5.94. The molecule has 0 aliphatic carbocycles. The average molecular weight is 303 g/mol. The molecule has 0 aliphatic heterocycles. The Morgan fingerprint density at radius 1 is 1.27 bits per heavy atom. The van der Waals surface area contributed by atoms with Gasteiger partial charge in [-0.25, -0.2) is 4.79 Å². The molecule has 0 amide bonds. The molecule has 0 radical (unpaired) electrons. The second-order valence-corrected chi connectivity index (χ2v) is 4.36. The molecular weight excluding hydrogens is 290 g/mol. The first-order valence-electron chi connectivity index (χ1n) is 6.29. The third-order valence-corrected chi connectivity index (χ3v) is 2.93. The smallest absolute Gasteiger partial charge is 0.343 e. The zero-order valence-electron chi connectivity index (χ0n) is 11.7. The summed E-state index contributed by atoms with van der Waals surface area (Å²) in [5.74, 6) is -1.40. The summed E-state index contributed by atoms with van der Waals surface area (Å²) in [6.45, 7) is 0.0773. The van der Waals surface area contributed by atoms with Crippen molar-refractivity contribution in [1.29, 1.82) is 0 Å². The van der Waals surface area contributed by atoms with Crippen LogP contribution in [0.15, 0.2) is 42.5 Å². The molecule has 1 N–H and O–H groups in total. The highest BCUT2D eigenvalue weighted by Gasteiger charge is 2.27. The first-order chi connectivity index (χ1) is 10.5. The summed E-state index contributed by atoms with van der Waals surface area (Å²) in [4.78, 5) is 21.6.